The van der Waals surface area contributed by atoms with Crippen LogP contribution in [-0.4, -0.2) is 7.05 Å². The van der Waals surface area contributed by atoms with Gasteiger partial charge in [-0.3, -0.25) is 0 Å². The van der Waals surface area contributed by atoms with Crippen molar-refractivity contribution in [3.8, 4) is 0 Å². The molecule has 3 nitrogen and oxygen atoms in total. The molecule has 1 heterocycles. The quantitative estimate of drug-likeness (QED) is 0.691. The first kappa shape index (κ1) is 10.7. The van der Waals surface area contributed by atoms with Crippen LogP contribution >= 0.6 is 0 Å². The fourth-order valence-electron chi connectivity index (χ4n) is 2.10. The van der Waals surface area contributed by atoms with Crippen LogP contribution in [0.25, 0.3) is 11.0 Å². The predicted molar refractivity (Wildman–Crippen MR) is 75.1 cm³/mol. The van der Waals surface area contributed by atoms with E-state index in [-0.39, 0.29) is 0 Å². The number of anilines is 3. The monoisotopic (exact) mass is 238 g/mol. The highest BCUT2D eigenvalue weighted by Crippen LogP contribution is 2.33. The van der Waals surface area contributed by atoms with E-state index < -0.39 is 0 Å². The Bertz CT molecular complexity index is 688. The summed E-state index contributed by atoms with van der Waals surface area (Å²) in [7, 11) is 2.01. The third kappa shape index (κ3) is 1.70. The summed E-state index contributed by atoms with van der Waals surface area (Å²) < 4.78 is 5.55. The molecule has 0 bridgehead atoms. The van der Waals surface area contributed by atoms with Gasteiger partial charge in [0.05, 0.1) is 5.69 Å². The molecule has 3 aromatic rings. The lowest BCUT2D eigenvalue weighted by Gasteiger charge is -2.18. The number of para-hydroxylation sites is 1. The molecule has 0 radical (unpaired) electrons. The van der Waals surface area contributed by atoms with Crippen molar-refractivity contribution in [3.63, 3.8) is 0 Å². The van der Waals surface area contributed by atoms with Crippen LogP contribution in [0.15, 0.2) is 59.2 Å². The second kappa shape index (κ2) is 4.11. The van der Waals surface area contributed by atoms with Gasteiger partial charge in [0.2, 0.25) is 0 Å². The third-order valence-corrected chi connectivity index (χ3v) is 3.08. The Hall–Kier alpha value is -2.42. The van der Waals surface area contributed by atoms with Crippen LogP contribution < -0.4 is 10.6 Å². The van der Waals surface area contributed by atoms with Crippen molar-refractivity contribution in [2.75, 3.05) is 17.7 Å². The van der Waals surface area contributed by atoms with Gasteiger partial charge in [0.15, 0.2) is 0 Å². The van der Waals surface area contributed by atoms with E-state index in [1.165, 1.54) is 0 Å². The average Bonchev–Trinajstić information content (AvgIpc) is 2.82. The molecule has 3 rings (SSSR count). The standard InChI is InChI=1S/C15H14N2O/c1-17(12-6-4-5-11(16)9-12)14-10-18-15-8-3-2-7-13(14)15/h2-10H,16H2,1H3. The summed E-state index contributed by atoms with van der Waals surface area (Å²) in [5, 5.41) is 1.10. The van der Waals surface area contributed by atoms with Gasteiger partial charge in [0.1, 0.15) is 11.8 Å². The first-order valence-corrected chi connectivity index (χ1v) is 5.81. The highest BCUT2D eigenvalue weighted by Gasteiger charge is 2.11. The average molecular weight is 238 g/mol. The van der Waals surface area contributed by atoms with E-state index in [4.69, 9.17) is 10.2 Å². The summed E-state index contributed by atoms with van der Waals surface area (Å²) in [6.45, 7) is 0. The number of hydrogen-bond acceptors (Lipinski definition) is 3. The van der Waals surface area contributed by atoms with Gasteiger partial charge >= 0.3 is 0 Å². The Morgan fingerprint density at radius 1 is 1.06 bits per heavy atom. The van der Waals surface area contributed by atoms with Crippen molar-refractivity contribution >= 4 is 28.0 Å². The van der Waals surface area contributed by atoms with Crippen molar-refractivity contribution in [1.29, 1.82) is 0 Å². The molecule has 1 aromatic heterocycles. The summed E-state index contributed by atoms with van der Waals surface area (Å²) >= 11 is 0. The second-order valence-electron chi connectivity index (χ2n) is 4.27. The molecular weight excluding hydrogens is 224 g/mol. The number of hydrogen-bond donors (Lipinski definition) is 1. The number of nitrogen functional groups attached to an aromatic ring is 1. The molecule has 0 aliphatic heterocycles. The lowest BCUT2D eigenvalue weighted by atomic mass is 10.2. The van der Waals surface area contributed by atoms with Crippen LogP contribution in [0.1, 0.15) is 0 Å². The maximum Gasteiger partial charge on any atom is 0.136 e. The van der Waals surface area contributed by atoms with Gasteiger partial charge < -0.3 is 15.1 Å². The third-order valence-electron chi connectivity index (χ3n) is 3.08. The summed E-state index contributed by atoms with van der Waals surface area (Å²) in [6, 6.07) is 15.8. The minimum Gasteiger partial charge on any atom is -0.462 e. The van der Waals surface area contributed by atoms with Gasteiger partial charge in [-0.25, -0.2) is 0 Å². The number of benzene rings is 2. The summed E-state index contributed by atoms with van der Waals surface area (Å²) in [4.78, 5) is 2.07. The molecule has 0 unspecified atom stereocenters. The molecule has 0 aliphatic carbocycles. The van der Waals surface area contributed by atoms with Gasteiger partial charge in [0.25, 0.3) is 0 Å². The lowest BCUT2D eigenvalue weighted by Crippen LogP contribution is -2.08. The number of furan rings is 1. The molecule has 0 spiro atoms. The van der Waals surface area contributed by atoms with Crippen LogP contribution in [0.5, 0.6) is 0 Å². The molecule has 0 atom stereocenters. The van der Waals surface area contributed by atoms with Crippen molar-refractivity contribution in [2.45, 2.75) is 0 Å². The highest BCUT2D eigenvalue weighted by molar-refractivity contribution is 5.93. The zero-order chi connectivity index (χ0) is 12.5. The Balaban J connectivity index is 2.09. The number of fused-ring (bicyclic) bond motifs is 1. The summed E-state index contributed by atoms with van der Waals surface area (Å²) in [6.07, 6.45) is 1.77. The highest BCUT2D eigenvalue weighted by atomic mass is 16.3. The van der Waals surface area contributed by atoms with Crippen LogP contribution in [0.3, 0.4) is 0 Å². The van der Waals surface area contributed by atoms with E-state index in [1.807, 2.05) is 49.5 Å². The van der Waals surface area contributed by atoms with E-state index in [9.17, 15) is 0 Å². The van der Waals surface area contributed by atoms with E-state index in [2.05, 4.69) is 11.0 Å². The molecule has 2 aromatic carbocycles. The van der Waals surface area contributed by atoms with Gasteiger partial charge in [-0.1, -0.05) is 18.2 Å². The minimum atomic E-state index is 0.757. The van der Waals surface area contributed by atoms with Gasteiger partial charge in [0, 0.05) is 23.8 Å². The zero-order valence-corrected chi connectivity index (χ0v) is 10.1. The van der Waals surface area contributed by atoms with E-state index >= 15 is 0 Å². The molecule has 90 valence electrons. The van der Waals surface area contributed by atoms with Crippen molar-refractivity contribution in [3.05, 3.63) is 54.8 Å². The Labute approximate surface area is 105 Å². The topological polar surface area (TPSA) is 42.4 Å². The molecule has 0 aliphatic rings. The van der Waals surface area contributed by atoms with E-state index in [0.717, 1.165) is 28.0 Å². The second-order valence-corrected chi connectivity index (χ2v) is 4.27. The Kier molecular flexibility index (Phi) is 2.45. The van der Waals surface area contributed by atoms with E-state index in [0.29, 0.717) is 0 Å². The van der Waals surface area contributed by atoms with E-state index in [1.54, 1.807) is 6.26 Å². The Morgan fingerprint density at radius 2 is 1.89 bits per heavy atom. The van der Waals surface area contributed by atoms with Gasteiger partial charge in [-0.05, 0) is 30.3 Å². The maximum atomic E-state index is 5.81. The van der Waals surface area contributed by atoms with Gasteiger partial charge in [-0.15, -0.1) is 0 Å². The van der Waals surface area contributed by atoms with Crippen LogP contribution in [0.4, 0.5) is 17.1 Å². The molecule has 2 N–H and O–H groups in total. The molecule has 18 heavy (non-hydrogen) atoms. The molecular formula is C15H14N2O. The molecule has 0 saturated heterocycles. The number of nitrogens with two attached hydrogens (primary N) is 1. The number of nitrogens with zero attached hydrogens (tertiary/aromatic N) is 1. The summed E-state index contributed by atoms with van der Waals surface area (Å²) in [5.41, 5.74) is 9.54. The van der Waals surface area contributed by atoms with Crippen molar-refractivity contribution < 1.29 is 4.42 Å². The fraction of sp³-hybridized carbons (Fsp3) is 0.0667. The molecule has 0 amide bonds. The fourth-order valence-corrected chi connectivity index (χ4v) is 2.10. The first-order valence-electron chi connectivity index (χ1n) is 5.81. The van der Waals surface area contributed by atoms with Crippen LogP contribution in [-0.2, 0) is 0 Å². The zero-order valence-electron chi connectivity index (χ0n) is 10.1. The Morgan fingerprint density at radius 3 is 2.72 bits per heavy atom. The molecule has 0 fully saturated rings. The number of rotatable bonds is 2. The maximum absolute atomic E-state index is 5.81. The first-order chi connectivity index (χ1) is 8.75. The smallest absolute Gasteiger partial charge is 0.136 e. The molecule has 3 heteroatoms. The van der Waals surface area contributed by atoms with Crippen molar-refractivity contribution in [1.82, 2.24) is 0 Å². The predicted octanol–water partition coefficient (Wildman–Crippen LogP) is 3.78. The van der Waals surface area contributed by atoms with Crippen molar-refractivity contribution in [2.24, 2.45) is 0 Å². The normalized spacial score (nSPS) is 10.7. The molecule has 0 saturated carbocycles. The largest absolute Gasteiger partial charge is 0.462 e. The van der Waals surface area contributed by atoms with Crippen LogP contribution in [0, 0.1) is 0 Å². The SMILES string of the molecule is CN(c1cccc(N)c1)c1coc2ccccc12. The van der Waals surface area contributed by atoms with Gasteiger partial charge in [-0.2, -0.15) is 0 Å². The minimum absolute atomic E-state index is 0.757. The van der Waals surface area contributed by atoms with Crippen LogP contribution in [0.2, 0.25) is 0 Å². The lowest BCUT2D eigenvalue weighted by molar-refractivity contribution is 0.616. The summed E-state index contributed by atoms with van der Waals surface area (Å²) in [5.74, 6) is 0.